The Morgan fingerprint density at radius 2 is 2.36 bits per heavy atom. The summed E-state index contributed by atoms with van der Waals surface area (Å²) in [7, 11) is 4.10. The molecule has 1 fully saturated rings. The van der Waals surface area contributed by atoms with E-state index in [1.807, 2.05) is 25.9 Å². The molecule has 1 aliphatic heterocycles. The first-order valence-electron chi connectivity index (χ1n) is 5.00. The quantitative estimate of drug-likeness (QED) is 0.754. The Labute approximate surface area is 90.8 Å². The van der Waals surface area contributed by atoms with Crippen molar-refractivity contribution in [2.24, 2.45) is 0 Å². The molecule has 4 heteroatoms. The molecular weight excluding hydrogens is 194 g/mol. The Hall–Kier alpha value is -0.240. The molecule has 80 valence electrons. The van der Waals surface area contributed by atoms with Gasteiger partial charge in [0.05, 0.1) is 6.07 Å². The monoisotopic (exact) mass is 213 g/mol. The third-order valence-electron chi connectivity index (χ3n) is 2.49. The van der Waals surface area contributed by atoms with Crippen LogP contribution in [0.3, 0.4) is 0 Å². The van der Waals surface area contributed by atoms with E-state index in [4.69, 9.17) is 5.26 Å². The van der Waals surface area contributed by atoms with E-state index in [9.17, 15) is 0 Å². The predicted octanol–water partition coefficient (Wildman–Crippen LogP) is 0.925. The predicted molar refractivity (Wildman–Crippen MR) is 61.4 cm³/mol. The summed E-state index contributed by atoms with van der Waals surface area (Å²) in [4.78, 5) is 2.13. The lowest BCUT2D eigenvalue weighted by atomic mass is 9.98. The summed E-state index contributed by atoms with van der Waals surface area (Å²) in [5.74, 6) is 0.929. The topological polar surface area (TPSA) is 39.1 Å². The number of hydrogen-bond acceptors (Lipinski definition) is 4. The molecule has 1 aliphatic rings. The van der Waals surface area contributed by atoms with Crippen LogP contribution in [-0.2, 0) is 0 Å². The van der Waals surface area contributed by atoms with Gasteiger partial charge in [0.25, 0.3) is 0 Å². The van der Waals surface area contributed by atoms with Crippen LogP contribution in [-0.4, -0.2) is 48.6 Å². The Balaban J connectivity index is 2.36. The van der Waals surface area contributed by atoms with E-state index in [1.165, 1.54) is 0 Å². The zero-order valence-corrected chi connectivity index (χ0v) is 10.0. The molecule has 0 bridgehead atoms. The standard InChI is InChI=1S/C10H19N3S/c1-9-6-10(7-11,8-14-9)12-4-5-13(2)3/h9,12H,4-6,8H2,1-3H3. The molecule has 0 radical (unpaired) electrons. The van der Waals surface area contributed by atoms with Gasteiger partial charge in [-0.1, -0.05) is 6.92 Å². The maximum Gasteiger partial charge on any atom is 0.116 e. The zero-order valence-electron chi connectivity index (χ0n) is 9.21. The first-order valence-corrected chi connectivity index (χ1v) is 6.05. The Bertz CT molecular complexity index is 224. The van der Waals surface area contributed by atoms with Crippen molar-refractivity contribution in [3.63, 3.8) is 0 Å². The van der Waals surface area contributed by atoms with Gasteiger partial charge in [0.1, 0.15) is 5.54 Å². The summed E-state index contributed by atoms with van der Waals surface area (Å²) in [5.41, 5.74) is -0.264. The largest absolute Gasteiger partial charge is 0.308 e. The lowest BCUT2D eigenvalue weighted by Gasteiger charge is -2.22. The van der Waals surface area contributed by atoms with Crippen LogP contribution < -0.4 is 5.32 Å². The summed E-state index contributed by atoms with van der Waals surface area (Å²) < 4.78 is 0. The van der Waals surface area contributed by atoms with Crippen LogP contribution in [0.5, 0.6) is 0 Å². The lowest BCUT2D eigenvalue weighted by Crippen LogP contribution is -2.46. The number of nitrogens with zero attached hydrogens (tertiary/aromatic N) is 2. The fourth-order valence-electron chi connectivity index (χ4n) is 1.65. The highest BCUT2D eigenvalue weighted by Gasteiger charge is 2.37. The Morgan fingerprint density at radius 1 is 1.64 bits per heavy atom. The SMILES string of the molecule is CC1CC(C#N)(NCCN(C)C)CS1. The number of likely N-dealkylation sites (N-methyl/N-ethyl adjacent to an activating group) is 1. The molecule has 14 heavy (non-hydrogen) atoms. The van der Waals surface area contributed by atoms with Crippen LogP contribution in [0.15, 0.2) is 0 Å². The maximum atomic E-state index is 9.16. The smallest absolute Gasteiger partial charge is 0.116 e. The van der Waals surface area contributed by atoms with E-state index in [-0.39, 0.29) is 5.54 Å². The molecule has 0 aromatic heterocycles. The van der Waals surface area contributed by atoms with Gasteiger partial charge >= 0.3 is 0 Å². The summed E-state index contributed by atoms with van der Waals surface area (Å²) in [6.07, 6.45) is 0.974. The van der Waals surface area contributed by atoms with Crippen LogP contribution >= 0.6 is 11.8 Å². The molecule has 1 rings (SSSR count). The molecular formula is C10H19N3S. The summed E-state index contributed by atoms with van der Waals surface area (Å²) >= 11 is 1.89. The molecule has 0 aromatic carbocycles. The van der Waals surface area contributed by atoms with Crippen LogP contribution in [0.4, 0.5) is 0 Å². The summed E-state index contributed by atoms with van der Waals surface area (Å²) in [6.45, 7) is 4.08. The molecule has 1 N–H and O–H groups in total. The molecule has 1 saturated heterocycles. The van der Waals surface area contributed by atoms with Crippen molar-refractivity contribution in [1.82, 2.24) is 10.2 Å². The maximum absolute atomic E-state index is 9.16. The van der Waals surface area contributed by atoms with E-state index in [0.29, 0.717) is 5.25 Å². The fourth-order valence-corrected chi connectivity index (χ4v) is 2.91. The normalized spacial score (nSPS) is 32.1. The number of nitriles is 1. The second-order valence-corrected chi connectivity index (χ2v) is 5.68. The van der Waals surface area contributed by atoms with Gasteiger partial charge in [-0.15, -0.1) is 0 Å². The molecule has 1 heterocycles. The van der Waals surface area contributed by atoms with Gasteiger partial charge in [0.15, 0.2) is 0 Å². The minimum absolute atomic E-state index is 0.264. The second-order valence-electron chi connectivity index (χ2n) is 4.25. The Kier molecular flexibility index (Phi) is 4.24. The summed E-state index contributed by atoms with van der Waals surface area (Å²) in [6, 6.07) is 2.43. The van der Waals surface area contributed by atoms with Crippen molar-refractivity contribution < 1.29 is 0 Å². The first-order chi connectivity index (χ1) is 6.58. The third-order valence-corrected chi connectivity index (χ3v) is 3.88. The van der Waals surface area contributed by atoms with Gasteiger partial charge < -0.3 is 4.90 Å². The average Bonchev–Trinajstić information content (AvgIpc) is 2.48. The molecule has 0 amide bonds. The van der Waals surface area contributed by atoms with Gasteiger partial charge in [-0.2, -0.15) is 17.0 Å². The number of rotatable bonds is 4. The average molecular weight is 213 g/mol. The van der Waals surface area contributed by atoms with E-state index < -0.39 is 0 Å². The van der Waals surface area contributed by atoms with E-state index in [2.05, 4.69) is 23.2 Å². The van der Waals surface area contributed by atoms with Gasteiger partial charge in [-0.05, 0) is 20.5 Å². The minimum Gasteiger partial charge on any atom is -0.308 e. The minimum atomic E-state index is -0.264. The molecule has 0 aliphatic carbocycles. The highest BCUT2D eigenvalue weighted by atomic mass is 32.2. The first kappa shape index (κ1) is 11.8. The van der Waals surface area contributed by atoms with E-state index >= 15 is 0 Å². The number of nitrogens with one attached hydrogen (secondary N) is 1. The molecule has 3 nitrogen and oxygen atoms in total. The zero-order chi connectivity index (χ0) is 10.6. The summed E-state index contributed by atoms with van der Waals surface area (Å²) in [5, 5.41) is 13.2. The van der Waals surface area contributed by atoms with Crippen molar-refractivity contribution >= 4 is 11.8 Å². The highest BCUT2D eigenvalue weighted by molar-refractivity contribution is 8.00. The van der Waals surface area contributed by atoms with Crippen molar-refractivity contribution in [3.05, 3.63) is 0 Å². The second kappa shape index (κ2) is 5.01. The van der Waals surface area contributed by atoms with E-state index in [0.717, 1.165) is 25.3 Å². The van der Waals surface area contributed by atoms with Crippen molar-refractivity contribution in [2.75, 3.05) is 32.9 Å². The van der Waals surface area contributed by atoms with E-state index in [1.54, 1.807) is 0 Å². The van der Waals surface area contributed by atoms with Crippen molar-refractivity contribution in [2.45, 2.75) is 24.1 Å². The number of hydrogen-bond donors (Lipinski definition) is 1. The van der Waals surface area contributed by atoms with Crippen LogP contribution in [0.1, 0.15) is 13.3 Å². The lowest BCUT2D eigenvalue weighted by molar-refractivity contribution is 0.362. The van der Waals surface area contributed by atoms with Gasteiger partial charge in [0, 0.05) is 24.1 Å². The van der Waals surface area contributed by atoms with Gasteiger partial charge in [-0.25, -0.2) is 0 Å². The third kappa shape index (κ3) is 3.16. The molecule has 0 saturated carbocycles. The Morgan fingerprint density at radius 3 is 2.79 bits per heavy atom. The van der Waals surface area contributed by atoms with Crippen molar-refractivity contribution in [3.8, 4) is 6.07 Å². The molecule has 2 atom stereocenters. The molecule has 0 spiro atoms. The number of thioether (sulfide) groups is 1. The van der Waals surface area contributed by atoms with Gasteiger partial charge in [0.2, 0.25) is 0 Å². The fraction of sp³-hybridized carbons (Fsp3) is 0.900. The molecule has 2 unspecified atom stereocenters. The highest BCUT2D eigenvalue weighted by Crippen LogP contribution is 2.33. The molecule has 0 aromatic rings. The van der Waals surface area contributed by atoms with Crippen LogP contribution in [0, 0.1) is 11.3 Å². The van der Waals surface area contributed by atoms with Crippen LogP contribution in [0.25, 0.3) is 0 Å². The van der Waals surface area contributed by atoms with Crippen LogP contribution in [0.2, 0.25) is 0 Å². The van der Waals surface area contributed by atoms with Gasteiger partial charge in [-0.3, -0.25) is 5.32 Å². The van der Waals surface area contributed by atoms with Crippen molar-refractivity contribution in [1.29, 1.82) is 5.26 Å².